The monoisotopic (exact) mass is 469 g/mol. The minimum absolute atomic E-state index is 0.118. The normalized spacial score (nSPS) is 11.4. The third kappa shape index (κ3) is 5.58. The van der Waals surface area contributed by atoms with Gasteiger partial charge in [0.05, 0.1) is 17.6 Å². The predicted molar refractivity (Wildman–Crippen MR) is 134 cm³/mol. The Kier molecular flexibility index (Phi) is 7.60. The third-order valence-corrected chi connectivity index (χ3v) is 5.78. The number of nitrogens with one attached hydrogen (secondary N) is 2. The van der Waals surface area contributed by atoms with Crippen molar-refractivity contribution in [1.29, 1.82) is 0 Å². The molecule has 3 N–H and O–H groups in total. The molecule has 32 heavy (non-hydrogen) atoms. The van der Waals surface area contributed by atoms with Crippen LogP contribution in [0.3, 0.4) is 0 Å². The van der Waals surface area contributed by atoms with Crippen molar-refractivity contribution in [1.82, 2.24) is 14.9 Å². The Morgan fingerprint density at radius 3 is 1.69 bits per heavy atom. The second kappa shape index (κ2) is 10.8. The molecule has 0 bridgehead atoms. The molecule has 4 rings (SSSR count). The highest BCUT2D eigenvalue weighted by atomic mass is 35.5. The Morgan fingerprint density at radius 2 is 1.22 bits per heavy atom. The fraction of sp³-hybridized carbons (Fsp3) is 0.250. The van der Waals surface area contributed by atoms with Gasteiger partial charge >= 0.3 is 0 Å². The van der Waals surface area contributed by atoms with Crippen LogP contribution in [0.4, 0.5) is 11.4 Å². The largest absolute Gasteiger partial charge is 0.395 e. The van der Waals surface area contributed by atoms with E-state index in [2.05, 4.69) is 25.5 Å². The number of nitrogens with zero attached hydrogens (tertiary/aromatic N) is 3. The van der Waals surface area contributed by atoms with Crippen molar-refractivity contribution in [2.75, 3.05) is 50.0 Å². The Bertz CT molecular complexity index is 1110. The fourth-order valence-electron chi connectivity index (χ4n) is 3.72. The highest BCUT2D eigenvalue weighted by Crippen LogP contribution is 2.25. The molecule has 0 atom stereocenters. The molecule has 0 radical (unpaired) electrons. The Balaban J connectivity index is 1.33. The van der Waals surface area contributed by atoms with Gasteiger partial charge in [0, 0.05) is 77.3 Å². The van der Waals surface area contributed by atoms with Gasteiger partial charge in [-0.15, -0.1) is 0 Å². The van der Waals surface area contributed by atoms with Gasteiger partial charge in [-0.1, -0.05) is 23.2 Å². The zero-order valence-electron chi connectivity index (χ0n) is 17.6. The Hall–Kier alpha value is -2.64. The van der Waals surface area contributed by atoms with Gasteiger partial charge in [0.1, 0.15) is 0 Å². The standard InChI is InChI=1S/C24H25Cl2N5O/c25-17-1-3-19-21(5-7-27-23(19)15-17)29-9-11-31(13-14-32)12-10-30-22-6-8-28-24-16-18(26)2-4-20(22)24/h1-8,15-16,32H,9-14H2,(H,27,29)(H,28,30). The second-order valence-corrected chi connectivity index (χ2v) is 8.33. The summed E-state index contributed by atoms with van der Waals surface area (Å²) in [5.41, 5.74) is 3.78. The van der Waals surface area contributed by atoms with Crippen molar-refractivity contribution in [2.24, 2.45) is 0 Å². The van der Waals surface area contributed by atoms with E-state index in [9.17, 15) is 5.11 Å². The molecular formula is C24H25Cl2N5O. The predicted octanol–water partition coefficient (Wildman–Crippen LogP) is 4.91. The van der Waals surface area contributed by atoms with Gasteiger partial charge in [0.25, 0.3) is 0 Å². The highest BCUT2D eigenvalue weighted by molar-refractivity contribution is 6.31. The molecule has 0 saturated carbocycles. The van der Waals surface area contributed by atoms with Crippen molar-refractivity contribution in [2.45, 2.75) is 0 Å². The van der Waals surface area contributed by atoms with E-state index in [1.54, 1.807) is 12.4 Å². The van der Waals surface area contributed by atoms with Gasteiger partial charge < -0.3 is 15.7 Å². The summed E-state index contributed by atoms with van der Waals surface area (Å²) in [6.45, 7) is 3.83. The lowest BCUT2D eigenvalue weighted by Gasteiger charge is -2.22. The molecule has 0 aliphatic carbocycles. The summed E-state index contributed by atoms with van der Waals surface area (Å²) >= 11 is 12.2. The maximum atomic E-state index is 9.48. The molecule has 8 heteroatoms. The number of rotatable bonds is 10. The van der Waals surface area contributed by atoms with E-state index in [0.29, 0.717) is 16.6 Å². The molecule has 0 aliphatic rings. The SMILES string of the molecule is OCCN(CCNc1ccnc2cc(Cl)ccc12)CCNc1ccnc2cc(Cl)ccc12. The summed E-state index contributed by atoms with van der Waals surface area (Å²) in [5.74, 6) is 0. The number of aromatic nitrogens is 2. The van der Waals surface area contributed by atoms with E-state index in [1.807, 2.05) is 48.5 Å². The van der Waals surface area contributed by atoms with Gasteiger partial charge in [0.2, 0.25) is 0 Å². The number of halogens is 2. The van der Waals surface area contributed by atoms with Crippen LogP contribution >= 0.6 is 23.2 Å². The first-order valence-electron chi connectivity index (χ1n) is 10.5. The summed E-state index contributed by atoms with van der Waals surface area (Å²) in [5, 5.41) is 19.9. The maximum Gasteiger partial charge on any atom is 0.0737 e. The fourth-order valence-corrected chi connectivity index (χ4v) is 4.06. The molecule has 166 valence electrons. The summed E-state index contributed by atoms with van der Waals surface area (Å²) < 4.78 is 0. The van der Waals surface area contributed by atoms with Gasteiger partial charge in [-0.2, -0.15) is 0 Å². The molecule has 0 amide bonds. The van der Waals surface area contributed by atoms with Gasteiger partial charge in [-0.3, -0.25) is 14.9 Å². The topological polar surface area (TPSA) is 73.3 Å². The van der Waals surface area contributed by atoms with E-state index in [0.717, 1.165) is 59.4 Å². The number of aliphatic hydroxyl groups excluding tert-OH is 1. The molecule has 2 aromatic heterocycles. The zero-order valence-corrected chi connectivity index (χ0v) is 19.1. The minimum Gasteiger partial charge on any atom is -0.395 e. The summed E-state index contributed by atoms with van der Waals surface area (Å²) in [6.07, 6.45) is 3.56. The first-order chi connectivity index (χ1) is 15.6. The van der Waals surface area contributed by atoms with Crippen LogP contribution in [0, 0.1) is 0 Å². The molecule has 2 heterocycles. The molecule has 2 aromatic carbocycles. The first-order valence-corrected chi connectivity index (χ1v) is 11.3. The van der Waals surface area contributed by atoms with Crippen molar-refractivity contribution in [3.8, 4) is 0 Å². The van der Waals surface area contributed by atoms with Crippen LogP contribution in [0.2, 0.25) is 10.0 Å². The van der Waals surface area contributed by atoms with Crippen LogP contribution in [0.1, 0.15) is 0 Å². The van der Waals surface area contributed by atoms with Crippen LogP contribution in [0.25, 0.3) is 21.8 Å². The number of anilines is 2. The molecule has 0 saturated heterocycles. The lowest BCUT2D eigenvalue weighted by Crippen LogP contribution is -2.35. The second-order valence-electron chi connectivity index (χ2n) is 7.46. The lowest BCUT2D eigenvalue weighted by atomic mass is 10.2. The minimum atomic E-state index is 0.118. The van der Waals surface area contributed by atoms with Crippen LogP contribution in [0.15, 0.2) is 60.9 Å². The quantitative estimate of drug-likeness (QED) is 0.306. The van der Waals surface area contributed by atoms with Crippen molar-refractivity contribution in [3.05, 3.63) is 71.0 Å². The van der Waals surface area contributed by atoms with Crippen LogP contribution in [0.5, 0.6) is 0 Å². The van der Waals surface area contributed by atoms with Gasteiger partial charge in [-0.25, -0.2) is 0 Å². The van der Waals surface area contributed by atoms with E-state index in [4.69, 9.17) is 23.2 Å². The molecular weight excluding hydrogens is 445 g/mol. The maximum absolute atomic E-state index is 9.48. The highest BCUT2D eigenvalue weighted by Gasteiger charge is 2.07. The molecule has 0 aliphatic heterocycles. The van der Waals surface area contributed by atoms with E-state index in [1.165, 1.54) is 0 Å². The van der Waals surface area contributed by atoms with Gasteiger partial charge in [0.15, 0.2) is 0 Å². The van der Waals surface area contributed by atoms with Crippen molar-refractivity contribution < 1.29 is 5.11 Å². The van der Waals surface area contributed by atoms with E-state index >= 15 is 0 Å². The first kappa shape index (κ1) is 22.6. The van der Waals surface area contributed by atoms with E-state index in [-0.39, 0.29) is 6.61 Å². The van der Waals surface area contributed by atoms with Crippen LogP contribution in [-0.2, 0) is 0 Å². The molecule has 0 fully saturated rings. The Morgan fingerprint density at radius 1 is 0.719 bits per heavy atom. The number of benzene rings is 2. The number of hydrogen-bond donors (Lipinski definition) is 3. The number of aliphatic hydroxyl groups is 1. The van der Waals surface area contributed by atoms with Crippen molar-refractivity contribution in [3.63, 3.8) is 0 Å². The summed E-state index contributed by atoms with van der Waals surface area (Å²) in [6, 6.07) is 15.4. The molecule has 0 unspecified atom stereocenters. The lowest BCUT2D eigenvalue weighted by molar-refractivity contribution is 0.205. The average Bonchev–Trinajstić information content (AvgIpc) is 2.79. The third-order valence-electron chi connectivity index (χ3n) is 5.31. The van der Waals surface area contributed by atoms with E-state index < -0.39 is 0 Å². The van der Waals surface area contributed by atoms with Crippen molar-refractivity contribution >= 4 is 56.4 Å². The Labute approximate surface area is 197 Å². The van der Waals surface area contributed by atoms with Crippen LogP contribution in [-0.4, -0.2) is 59.3 Å². The molecule has 0 spiro atoms. The summed E-state index contributed by atoms with van der Waals surface area (Å²) in [4.78, 5) is 11.0. The van der Waals surface area contributed by atoms with Gasteiger partial charge in [-0.05, 0) is 48.5 Å². The zero-order chi connectivity index (χ0) is 22.3. The number of fused-ring (bicyclic) bond motifs is 2. The number of pyridine rings is 2. The number of hydrogen-bond acceptors (Lipinski definition) is 6. The summed E-state index contributed by atoms with van der Waals surface area (Å²) in [7, 11) is 0. The van der Waals surface area contributed by atoms with Crippen LogP contribution < -0.4 is 10.6 Å². The molecule has 6 nitrogen and oxygen atoms in total. The molecule has 4 aromatic rings. The average molecular weight is 470 g/mol. The smallest absolute Gasteiger partial charge is 0.0737 e.